The van der Waals surface area contributed by atoms with Gasteiger partial charge >= 0.3 is 0 Å². The minimum absolute atomic E-state index is 0.166. The van der Waals surface area contributed by atoms with Crippen LogP contribution in [0, 0.1) is 20.8 Å². The Balaban J connectivity index is 1.50. The van der Waals surface area contributed by atoms with E-state index in [1.54, 1.807) is 11.6 Å². The number of amides is 1. The summed E-state index contributed by atoms with van der Waals surface area (Å²) in [6.07, 6.45) is 0. The molecular formula is C15H18N8OS. The summed E-state index contributed by atoms with van der Waals surface area (Å²) in [6.45, 7) is 6.65. The summed E-state index contributed by atoms with van der Waals surface area (Å²) >= 11 is 1.09. The van der Waals surface area contributed by atoms with Crippen molar-refractivity contribution in [1.82, 2.24) is 34.9 Å². The molecule has 1 amide bonds. The molecule has 0 aliphatic rings. The molecule has 0 bridgehead atoms. The van der Waals surface area contributed by atoms with E-state index in [0.717, 1.165) is 22.9 Å². The molecule has 0 aliphatic carbocycles. The molecule has 2 N–H and O–H groups in total. The fourth-order valence-corrected chi connectivity index (χ4v) is 2.85. The summed E-state index contributed by atoms with van der Waals surface area (Å²) in [5, 5.41) is 22.4. The van der Waals surface area contributed by atoms with Gasteiger partial charge in [0.05, 0.1) is 11.4 Å². The van der Waals surface area contributed by atoms with Crippen molar-refractivity contribution < 1.29 is 4.79 Å². The fourth-order valence-electron chi connectivity index (χ4n) is 2.28. The Kier molecular flexibility index (Phi) is 4.98. The van der Waals surface area contributed by atoms with Crippen LogP contribution in [0.5, 0.6) is 0 Å². The van der Waals surface area contributed by atoms with Crippen LogP contribution in [-0.2, 0) is 0 Å². The summed E-state index contributed by atoms with van der Waals surface area (Å²) in [4.78, 5) is 12.5. The molecule has 0 aromatic carbocycles. The van der Waals surface area contributed by atoms with Crippen molar-refractivity contribution in [2.24, 2.45) is 0 Å². The number of rotatable bonds is 6. The lowest BCUT2D eigenvalue weighted by Crippen LogP contribution is -2.28. The van der Waals surface area contributed by atoms with Crippen LogP contribution < -0.4 is 10.6 Å². The van der Waals surface area contributed by atoms with E-state index in [1.807, 2.05) is 32.0 Å². The molecular weight excluding hydrogens is 340 g/mol. The predicted molar refractivity (Wildman–Crippen MR) is 94.1 cm³/mol. The molecule has 3 aromatic heterocycles. The number of aryl methyl sites for hydroxylation is 3. The molecule has 9 nitrogen and oxygen atoms in total. The number of carbonyl (C=O) groups is 1. The van der Waals surface area contributed by atoms with Crippen molar-refractivity contribution in [3.63, 3.8) is 0 Å². The maximum absolute atomic E-state index is 11.9. The second kappa shape index (κ2) is 7.34. The zero-order valence-corrected chi connectivity index (χ0v) is 15.0. The Bertz CT molecular complexity index is 870. The highest BCUT2D eigenvalue weighted by atomic mass is 32.1. The lowest BCUT2D eigenvalue weighted by atomic mass is 10.4. The topological polar surface area (TPSA) is 111 Å². The first-order valence-electron chi connectivity index (χ1n) is 7.73. The summed E-state index contributed by atoms with van der Waals surface area (Å²) in [6, 6.07) is 5.66. The van der Waals surface area contributed by atoms with Crippen molar-refractivity contribution in [1.29, 1.82) is 0 Å². The van der Waals surface area contributed by atoms with E-state index >= 15 is 0 Å². The number of carbonyl (C=O) groups excluding carboxylic acids is 1. The number of nitrogens with zero attached hydrogens (tertiary/aromatic N) is 6. The Morgan fingerprint density at radius 1 is 1.16 bits per heavy atom. The highest BCUT2D eigenvalue weighted by Gasteiger charge is 2.12. The molecule has 25 heavy (non-hydrogen) atoms. The molecule has 0 saturated carbocycles. The van der Waals surface area contributed by atoms with Crippen molar-refractivity contribution in [2.45, 2.75) is 20.8 Å². The monoisotopic (exact) mass is 358 g/mol. The van der Waals surface area contributed by atoms with Crippen LogP contribution in [0.15, 0.2) is 18.2 Å². The quantitative estimate of drug-likeness (QED) is 0.639. The van der Waals surface area contributed by atoms with Crippen molar-refractivity contribution in [3.05, 3.63) is 40.2 Å². The van der Waals surface area contributed by atoms with E-state index in [9.17, 15) is 4.79 Å². The Hall–Kier alpha value is -2.88. The largest absolute Gasteiger partial charge is 0.367 e. The summed E-state index contributed by atoms with van der Waals surface area (Å²) in [5.74, 6) is 1.13. The molecule has 3 aromatic rings. The van der Waals surface area contributed by atoms with Gasteiger partial charge in [0.2, 0.25) is 0 Å². The molecule has 130 valence electrons. The number of nitrogens with one attached hydrogen (secondary N) is 2. The lowest BCUT2D eigenvalue weighted by molar-refractivity contribution is 0.0958. The average molecular weight is 358 g/mol. The zero-order valence-electron chi connectivity index (χ0n) is 14.1. The van der Waals surface area contributed by atoms with Gasteiger partial charge in [0.25, 0.3) is 5.91 Å². The summed E-state index contributed by atoms with van der Waals surface area (Å²) in [5.41, 5.74) is 2.58. The molecule has 10 heteroatoms. The zero-order chi connectivity index (χ0) is 17.8. The second-order valence-electron chi connectivity index (χ2n) is 5.49. The summed E-state index contributed by atoms with van der Waals surface area (Å²) in [7, 11) is 0. The molecule has 0 spiro atoms. The van der Waals surface area contributed by atoms with E-state index in [0.29, 0.717) is 35.3 Å². The molecule has 0 saturated heterocycles. The third kappa shape index (κ3) is 3.97. The predicted octanol–water partition coefficient (Wildman–Crippen LogP) is 1.28. The first kappa shape index (κ1) is 17.0. The van der Waals surface area contributed by atoms with Crippen molar-refractivity contribution >= 4 is 23.3 Å². The van der Waals surface area contributed by atoms with E-state index in [2.05, 4.69) is 35.5 Å². The SMILES string of the molecule is Cc1cc(C)n(-c2ccc(NCCNC(=O)c3snnc3C)nn2)n1. The van der Waals surface area contributed by atoms with Gasteiger partial charge in [-0.15, -0.1) is 15.3 Å². The Morgan fingerprint density at radius 3 is 2.60 bits per heavy atom. The molecule has 3 heterocycles. The van der Waals surface area contributed by atoms with Gasteiger partial charge in [-0.1, -0.05) is 4.49 Å². The minimum Gasteiger partial charge on any atom is -0.367 e. The maximum Gasteiger partial charge on any atom is 0.265 e. The van der Waals surface area contributed by atoms with Gasteiger partial charge in [-0.3, -0.25) is 4.79 Å². The van der Waals surface area contributed by atoms with Crippen LogP contribution in [0.2, 0.25) is 0 Å². The van der Waals surface area contributed by atoms with E-state index in [-0.39, 0.29) is 5.91 Å². The van der Waals surface area contributed by atoms with Crippen LogP contribution in [0.1, 0.15) is 26.8 Å². The fraction of sp³-hybridized carbons (Fsp3) is 0.333. The van der Waals surface area contributed by atoms with Gasteiger partial charge in [-0.25, -0.2) is 4.68 Å². The van der Waals surface area contributed by atoms with E-state index < -0.39 is 0 Å². The van der Waals surface area contributed by atoms with Crippen LogP contribution >= 0.6 is 11.5 Å². The van der Waals surface area contributed by atoms with E-state index in [1.165, 1.54) is 0 Å². The number of aromatic nitrogens is 6. The number of hydrogen-bond donors (Lipinski definition) is 2. The van der Waals surface area contributed by atoms with Gasteiger partial charge < -0.3 is 10.6 Å². The average Bonchev–Trinajstić information content (AvgIpc) is 3.17. The molecule has 0 atom stereocenters. The molecule has 0 aliphatic heterocycles. The van der Waals surface area contributed by atoms with Crippen LogP contribution in [0.25, 0.3) is 5.82 Å². The Labute approximate surface area is 148 Å². The minimum atomic E-state index is -0.166. The van der Waals surface area contributed by atoms with Gasteiger partial charge in [-0.2, -0.15) is 5.10 Å². The van der Waals surface area contributed by atoms with Crippen molar-refractivity contribution in [3.8, 4) is 5.82 Å². The van der Waals surface area contributed by atoms with Gasteiger partial charge in [0.1, 0.15) is 10.7 Å². The first-order valence-corrected chi connectivity index (χ1v) is 8.50. The third-order valence-electron chi connectivity index (χ3n) is 3.45. The van der Waals surface area contributed by atoms with Crippen LogP contribution in [-0.4, -0.2) is 48.6 Å². The lowest BCUT2D eigenvalue weighted by Gasteiger charge is -2.07. The highest BCUT2D eigenvalue weighted by molar-refractivity contribution is 7.07. The standard InChI is InChI=1S/C15H18N8OS/c1-9-8-10(2)23(21-9)13-5-4-12(19-20-13)16-6-7-17-15(24)14-11(3)18-22-25-14/h4-5,8H,6-7H2,1-3H3,(H,16,19)(H,17,24). The van der Waals surface area contributed by atoms with Crippen LogP contribution in [0.4, 0.5) is 5.82 Å². The first-order chi connectivity index (χ1) is 12.0. The maximum atomic E-state index is 11.9. The smallest absolute Gasteiger partial charge is 0.265 e. The van der Waals surface area contributed by atoms with E-state index in [4.69, 9.17) is 0 Å². The Morgan fingerprint density at radius 2 is 2.00 bits per heavy atom. The third-order valence-corrected chi connectivity index (χ3v) is 4.28. The van der Waals surface area contributed by atoms with Gasteiger partial charge in [0, 0.05) is 18.8 Å². The molecule has 0 radical (unpaired) electrons. The molecule has 0 unspecified atom stereocenters. The molecule has 3 rings (SSSR count). The normalized spacial score (nSPS) is 10.7. The van der Waals surface area contributed by atoms with Crippen LogP contribution in [0.3, 0.4) is 0 Å². The number of anilines is 1. The van der Waals surface area contributed by atoms with Gasteiger partial charge in [0.15, 0.2) is 5.82 Å². The highest BCUT2D eigenvalue weighted by Crippen LogP contribution is 2.10. The second-order valence-corrected chi connectivity index (χ2v) is 6.24. The van der Waals surface area contributed by atoms with Crippen molar-refractivity contribution in [2.75, 3.05) is 18.4 Å². The molecule has 0 fully saturated rings. The van der Waals surface area contributed by atoms with Gasteiger partial charge in [-0.05, 0) is 50.5 Å². The number of hydrogen-bond acceptors (Lipinski definition) is 8. The summed E-state index contributed by atoms with van der Waals surface area (Å²) < 4.78 is 5.50.